The molecule has 1 fully saturated rings. The molecule has 0 atom stereocenters. The summed E-state index contributed by atoms with van der Waals surface area (Å²) in [6.45, 7) is 2.50. The molecule has 3 rings (SSSR count). The second-order valence-electron chi connectivity index (χ2n) is 5.35. The van der Waals surface area contributed by atoms with Crippen LogP contribution in [0, 0.1) is 5.82 Å². The maximum absolute atomic E-state index is 13.9. The quantitative estimate of drug-likeness (QED) is 0.758. The van der Waals surface area contributed by atoms with Crippen LogP contribution in [0.2, 0.25) is 5.02 Å². The molecule has 0 unspecified atom stereocenters. The van der Waals surface area contributed by atoms with E-state index in [4.69, 9.17) is 11.6 Å². The number of hydrogen-bond donors (Lipinski definition) is 0. The largest absolute Gasteiger partial charge is 0.368 e. The van der Waals surface area contributed by atoms with Crippen LogP contribution in [0.25, 0.3) is 0 Å². The predicted octanol–water partition coefficient (Wildman–Crippen LogP) is 4.20. The lowest BCUT2D eigenvalue weighted by Crippen LogP contribution is -2.49. The van der Waals surface area contributed by atoms with E-state index in [1.54, 1.807) is 4.90 Å². The molecule has 0 N–H and O–H groups in total. The molecule has 0 aromatic heterocycles. The van der Waals surface area contributed by atoms with Crippen LogP contribution in [0.3, 0.4) is 0 Å². The van der Waals surface area contributed by atoms with Gasteiger partial charge in [0.15, 0.2) is 0 Å². The molecule has 0 aliphatic carbocycles. The summed E-state index contributed by atoms with van der Waals surface area (Å²) in [5.41, 5.74) is 1.08. The summed E-state index contributed by atoms with van der Waals surface area (Å²) >= 11 is 9.40. The minimum Gasteiger partial charge on any atom is -0.368 e. The highest BCUT2D eigenvalue weighted by atomic mass is 79.9. The Morgan fingerprint density at radius 1 is 1.04 bits per heavy atom. The van der Waals surface area contributed by atoms with Gasteiger partial charge in [-0.15, -0.1) is 0 Å². The van der Waals surface area contributed by atoms with Crippen LogP contribution in [-0.2, 0) is 0 Å². The normalized spacial score (nSPS) is 14.9. The molecule has 23 heavy (non-hydrogen) atoms. The van der Waals surface area contributed by atoms with Gasteiger partial charge in [0.2, 0.25) is 0 Å². The number of hydrogen-bond acceptors (Lipinski definition) is 2. The molecule has 120 valence electrons. The number of benzene rings is 2. The van der Waals surface area contributed by atoms with E-state index < -0.39 is 5.82 Å². The molecular formula is C17H15BrClFN2O. The summed E-state index contributed by atoms with van der Waals surface area (Å²) in [4.78, 5) is 16.4. The molecule has 0 radical (unpaired) electrons. The van der Waals surface area contributed by atoms with Crippen molar-refractivity contribution >= 4 is 39.1 Å². The maximum atomic E-state index is 13.9. The third-order valence-electron chi connectivity index (χ3n) is 3.94. The van der Waals surface area contributed by atoms with Crippen molar-refractivity contribution in [2.45, 2.75) is 0 Å². The molecule has 1 amide bonds. The van der Waals surface area contributed by atoms with E-state index in [0.717, 1.165) is 10.2 Å². The summed E-state index contributed by atoms with van der Waals surface area (Å²) in [7, 11) is 0. The zero-order valence-electron chi connectivity index (χ0n) is 12.3. The van der Waals surface area contributed by atoms with Gasteiger partial charge in [-0.1, -0.05) is 33.6 Å². The van der Waals surface area contributed by atoms with Gasteiger partial charge in [0.1, 0.15) is 5.82 Å². The highest BCUT2D eigenvalue weighted by Crippen LogP contribution is 2.23. The van der Waals surface area contributed by atoms with Crippen LogP contribution in [0.15, 0.2) is 46.9 Å². The van der Waals surface area contributed by atoms with E-state index in [9.17, 15) is 9.18 Å². The van der Waals surface area contributed by atoms with Crippen LogP contribution in [0.5, 0.6) is 0 Å². The second kappa shape index (κ2) is 6.89. The van der Waals surface area contributed by atoms with Gasteiger partial charge in [-0.05, 0) is 36.4 Å². The van der Waals surface area contributed by atoms with Crippen molar-refractivity contribution in [2.24, 2.45) is 0 Å². The Bertz CT molecular complexity index is 695. The SMILES string of the molecule is O=C(c1c(F)cccc1Cl)N1CCN(c2ccc(Br)cc2)CC1. The molecule has 1 saturated heterocycles. The molecule has 0 saturated carbocycles. The van der Waals surface area contributed by atoms with Crippen LogP contribution < -0.4 is 4.90 Å². The Kier molecular flexibility index (Phi) is 4.87. The molecule has 2 aromatic carbocycles. The summed E-state index contributed by atoms with van der Waals surface area (Å²) < 4.78 is 14.9. The number of piperazine rings is 1. The van der Waals surface area contributed by atoms with Crippen LogP contribution in [-0.4, -0.2) is 37.0 Å². The standard InChI is InChI=1S/C17H15BrClFN2O/c18-12-4-6-13(7-5-12)21-8-10-22(11-9-21)17(23)16-14(19)2-1-3-15(16)20/h1-7H,8-11H2. The van der Waals surface area contributed by atoms with Gasteiger partial charge in [-0.25, -0.2) is 4.39 Å². The smallest absolute Gasteiger partial charge is 0.258 e. The number of anilines is 1. The first kappa shape index (κ1) is 16.3. The van der Waals surface area contributed by atoms with Gasteiger partial charge < -0.3 is 9.80 Å². The van der Waals surface area contributed by atoms with E-state index in [1.807, 2.05) is 24.3 Å². The molecule has 1 heterocycles. The van der Waals surface area contributed by atoms with Crippen LogP contribution in [0.1, 0.15) is 10.4 Å². The summed E-state index contributed by atoms with van der Waals surface area (Å²) in [6.07, 6.45) is 0. The fourth-order valence-electron chi connectivity index (χ4n) is 2.68. The average Bonchev–Trinajstić information content (AvgIpc) is 2.55. The Labute approximate surface area is 147 Å². The number of carbonyl (C=O) groups excluding carboxylic acids is 1. The Balaban J connectivity index is 1.69. The van der Waals surface area contributed by atoms with Gasteiger partial charge in [0.05, 0.1) is 10.6 Å². The molecule has 0 spiro atoms. The zero-order chi connectivity index (χ0) is 16.4. The first-order valence-corrected chi connectivity index (χ1v) is 8.47. The van der Waals surface area contributed by atoms with E-state index in [-0.39, 0.29) is 16.5 Å². The van der Waals surface area contributed by atoms with E-state index in [1.165, 1.54) is 18.2 Å². The first-order valence-electron chi connectivity index (χ1n) is 7.30. The molecule has 1 aliphatic heterocycles. The minimum atomic E-state index is -0.571. The van der Waals surface area contributed by atoms with Gasteiger partial charge in [0, 0.05) is 36.3 Å². The Hall–Kier alpha value is -1.59. The summed E-state index contributed by atoms with van der Waals surface area (Å²) in [5.74, 6) is -0.915. The molecule has 1 aliphatic rings. The highest BCUT2D eigenvalue weighted by Gasteiger charge is 2.25. The van der Waals surface area contributed by atoms with Crippen molar-refractivity contribution in [1.82, 2.24) is 4.90 Å². The lowest BCUT2D eigenvalue weighted by molar-refractivity contribution is 0.0742. The minimum absolute atomic E-state index is 0.0359. The predicted molar refractivity (Wildman–Crippen MR) is 93.7 cm³/mol. The van der Waals surface area contributed by atoms with Crippen LogP contribution in [0.4, 0.5) is 10.1 Å². The second-order valence-corrected chi connectivity index (χ2v) is 6.68. The van der Waals surface area contributed by atoms with E-state index >= 15 is 0 Å². The van der Waals surface area contributed by atoms with Crippen molar-refractivity contribution in [3.8, 4) is 0 Å². The third-order valence-corrected chi connectivity index (χ3v) is 4.78. The number of nitrogens with zero attached hydrogens (tertiary/aromatic N) is 2. The van der Waals surface area contributed by atoms with Crippen molar-refractivity contribution in [1.29, 1.82) is 0 Å². The highest BCUT2D eigenvalue weighted by molar-refractivity contribution is 9.10. The van der Waals surface area contributed by atoms with Crippen molar-refractivity contribution in [2.75, 3.05) is 31.1 Å². The fraction of sp³-hybridized carbons (Fsp3) is 0.235. The fourth-order valence-corrected chi connectivity index (χ4v) is 3.19. The maximum Gasteiger partial charge on any atom is 0.258 e. The number of carbonyl (C=O) groups is 1. The number of amides is 1. The first-order chi connectivity index (χ1) is 11.1. The molecule has 3 nitrogen and oxygen atoms in total. The van der Waals surface area contributed by atoms with E-state index in [0.29, 0.717) is 26.2 Å². The van der Waals surface area contributed by atoms with Crippen molar-refractivity contribution in [3.05, 3.63) is 63.3 Å². The van der Waals surface area contributed by atoms with Crippen molar-refractivity contribution < 1.29 is 9.18 Å². The number of halogens is 3. The van der Waals surface area contributed by atoms with E-state index in [2.05, 4.69) is 20.8 Å². The third kappa shape index (κ3) is 3.51. The topological polar surface area (TPSA) is 23.6 Å². The monoisotopic (exact) mass is 396 g/mol. The molecular weight excluding hydrogens is 383 g/mol. The van der Waals surface area contributed by atoms with Gasteiger partial charge >= 0.3 is 0 Å². The summed E-state index contributed by atoms with van der Waals surface area (Å²) in [5, 5.41) is 0.158. The Morgan fingerprint density at radius 3 is 2.30 bits per heavy atom. The van der Waals surface area contributed by atoms with Gasteiger partial charge in [0.25, 0.3) is 5.91 Å². The summed E-state index contributed by atoms with van der Waals surface area (Å²) in [6, 6.07) is 12.4. The lowest BCUT2D eigenvalue weighted by Gasteiger charge is -2.36. The molecule has 6 heteroatoms. The number of rotatable bonds is 2. The van der Waals surface area contributed by atoms with Gasteiger partial charge in [-0.2, -0.15) is 0 Å². The van der Waals surface area contributed by atoms with Crippen molar-refractivity contribution in [3.63, 3.8) is 0 Å². The average molecular weight is 398 g/mol. The Morgan fingerprint density at radius 2 is 1.70 bits per heavy atom. The zero-order valence-corrected chi connectivity index (χ0v) is 14.6. The van der Waals surface area contributed by atoms with Crippen LogP contribution >= 0.6 is 27.5 Å². The molecule has 0 bridgehead atoms. The lowest BCUT2D eigenvalue weighted by atomic mass is 10.1. The van der Waals surface area contributed by atoms with Gasteiger partial charge in [-0.3, -0.25) is 4.79 Å². The molecule has 2 aromatic rings.